The maximum atomic E-state index is 13.1. The van der Waals surface area contributed by atoms with Crippen molar-refractivity contribution >= 4 is 13.7 Å². The number of hydrogen-bond acceptors (Lipinski definition) is 11. The molecule has 1 saturated carbocycles. The molecule has 0 spiro atoms. The van der Waals surface area contributed by atoms with Gasteiger partial charge in [-0.05, 0) is 12.8 Å². The van der Waals surface area contributed by atoms with E-state index in [0.717, 1.165) is 51.4 Å². The van der Waals surface area contributed by atoms with Crippen molar-refractivity contribution in [1.82, 2.24) is 5.32 Å². The number of aliphatic hydroxyl groups is 7. The molecule has 66 heavy (non-hydrogen) atoms. The van der Waals surface area contributed by atoms with Crippen LogP contribution in [0.15, 0.2) is 0 Å². The van der Waals surface area contributed by atoms with Crippen LogP contribution in [-0.2, 0) is 18.4 Å². The summed E-state index contributed by atoms with van der Waals surface area (Å²) in [5, 5.41) is 74.9. The lowest BCUT2D eigenvalue weighted by atomic mass is 9.85. The summed E-state index contributed by atoms with van der Waals surface area (Å²) in [6.07, 6.45) is 31.4. The third-order valence-electron chi connectivity index (χ3n) is 13.7. The second-order valence-corrected chi connectivity index (χ2v) is 21.4. The first-order valence-electron chi connectivity index (χ1n) is 27.6. The predicted octanol–water partition coefficient (Wildman–Crippen LogP) is 10.8. The van der Waals surface area contributed by atoms with E-state index in [2.05, 4.69) is 19.2 Å². The lowest BCUT2D eigenvalue weighted by molar-refractivity contribution is -0.220. The van der Waals surface area contributed by atoms with Crippen LogP contribution in [0.3, 0.4) is 0 Å². The third kappa shape index (κ3) is 33.0. The fraction of sp³-hybridized carbons (Fsp3) is 0.981. The molecule has 1 aliphatic rings. The molecule has 8 atom stereocenters. The summed E-state index contributed by atoms with van der Waals surface area (Å²) in [7, 11) is -5.12. The zero-order valence-corrected chi connectivity index (χ0v) is 43.0. The Labute approximate surface area is 402 Å². The van der Waals surface area contributed by atoms with E-state index in [-0.39, 0.29) is 12.8 Å². The summed E-state index contributed by atoms with van der Waals surface area (Å²) in [5.41, 5.74) is 0. The second-order valence-electron chi connectivity index (χ2n) is 20.0. The molecule has 13 nitrogen and oxygen atoms in total. The Morgan fingerprint density at radius 2 is 0.758 bits per heavy atom. The van der Waals surface area contributed by atoms with Crippen LogP contribution < -0.4 is 5.32 Å². The number of unbranched alkanes of at least 4 members (excludes halogenated alkanes) is 34. The van der Waals surface area contributed by atoms with E-state index in [1.807, 2.05) is 0 Å². The normalized spacial score (nSPS) is 22.3. The van der Waals surface area contributed by atoms with Crippen molar-refractivity contribution in [3.8, 4) is 0 Å². The topological polar surface area (TPSA) is 226 Å². The molecular formula is C52H104NO12P. The van der Waals surface area contributed by atoms with Crippen LogP contribution in [0.5, 0.6) is 0 Å². The maximum absolute atomic E-state index is 13.1. The molecule has 0 radical (unpaired) electrons. The Hall–Kier alpha value is -0.700. The summed E-state index contributed by atoms with van der Waals surface area (Å²) in [6.45, 7) is 3.83. The van der Waals surface area contributed by atoms with Gasteiger partial charge >= 0.3 is 7.82 Å². The second kappa shape index (κ2) is 42.0. The lowest BCUT2D eigenvalue weighted by Crippen LogP contribution is -2.64. The number of phosphoric acid groups is 1. The highest BCUT2D eigenvalue weighted by Crippen LogP contribution is 2.47. The van der Waals surface area contributed by atoms with Crippen LogP contribution in [0, 0.1) is 0 Å². The SMILES string of the molecule is CCCCCCCCCCCCCCCCCCCCCCC(O)CC(=O)NC(COP(=O)(O)OC1C(O)C(O)C(O)C(O)C1O)C(O)CCCCCCCCCCCCCCCCCC. The average molecular weight is 966 g/mol. The molecule has 0 aromatic carbocycles. The van der Waals surface area contributed by atoms with Gasteiger partial charge < -0.3 is 46.0 Å². The molecule has 9 N–H and O–H groups in total. The van der Waals surface area contributed by atoms with Crippen LogP contribution in [-0.4, -0.2) is 108 Å². The summed E-state index contributed by atoms with van der Waals surface area (Å²) < 4.78 is 23.0. The van der Waals surface area contributed by atoms with E-state index in [0.29, 0.717) is 12.8 Å². The van der Waals surface area contributed by atoms with Crippen LogP contribution in [0.4, 0.5) is 0 Å². The standard InChI is InChI=1S/C52H104NO12P/c1-3-5-7-9-11-13-15-17-19-21-22-23-24-25-27-29-31-33-35-37-39-43(54)41-46(56)53-44(42-64-66(62,63)65-52-50(60)48(58)47(57)49(59)51(52)61)45(55)40-38-36-34-32-30-28-26-20-18-16-14-12-10-8-6-4-2/h43-45,47-52,54-55,57-61H,3-42H2,1-2H3,(H,53,56)(H,62,63). The Morgan fingerprint density at radius 3 is 1.09 bits per heavy atom. The van der Waals surface area contributed by atoms with Gasteiger partial charge in [0.15, 0.2) is 0 Å². The van der Waals surface area contributed by atoms with Crippen molar-refractivity contribution in [2.24, 2.45) is 0 Å². The first kappa shape index (κ1) is 63.3. The van der Waals surface area contributed by atoms with Gasteiger partial charge in [0.25, 0.3) is 0 Å². The highest BCUT2D eigenvalue weighted by Gasteiger charge is 2.51. The van der Waals surface area contributed by atoms with Gasteiger partial charge in [0.05, 0.1) is 31.3 Å². The minimum absolute atomic E-state index is 0.215. The van der Waals surface area contributed by atoms with Crippen molar-refractivity contribution < 1.29 is 59.0 Å². The zero-order chi connectivity index (χ0) is 48.7. The van der Waals surface area contributed by atoms with Crippen LogP contribution in [0.2, 0.25) is 0 Å². The Morgan fingerprint density at radius 1 is 0.470 bits per heavy atom. The number of amides is 1. The molecule has 0 bridgehead atoms. The van der Waals surface area contributed by atoms with E-state index in [9.17, 15) is 50.0 Å². The van der Waals surface area contributed by atoms with Gasteiger partial charge in [-0.2, -0.15) is 0 Å². The van der Waals surface area contributed by atoms with Gasteiger partial charge in [0, 0.05) is 0 Å². The Kier molecular flexibility index (Phi) is 40.3. The van der Waals surface area contributed by atoms with Crippen LogP contribution in [0.1, 0.15) is 264 Å². The quantitative estimate of drug-likeness (QED) is 0.0205. The highest BCUT2D eigenvalue weighted by molar-refractivity contribution is 7.47. The molecular weight excluding hydrogens is 862 g/mol. The van der Waals surface area contributed by atoms with Crippen molar-refractivity contribution in [3.05, 3.63) is 0 Å². The number of carbonyl (C=O) groups excluding carboxylic acids is 1. The number of nitrogens with one attached hydrogen (secondary N) is 1. The molecule has 1 aliphatic carbocycles. The molecule has 1 amide bonds. The first-order chi connectivity index (χ1) is 31.8. The Balaban J connectivity index is 2.40. The van der Waals surface area contributed by atoms with Crippen molar-refractivity contribution in [2.45, 2.75) is 319 Å². The predicted molar refractivity (Wildman–Crippen MR) is 266 cm³/mol. The number of hydrogen-bond donors (Lipinski definition) is 9. The number of carbonyl (C=O) groups is 1. The van der Waals surface area contributed by atoms with Gasteiger partial charge in [-0.3, -0.25) is 13.8 Å². The third-order valence-corrected chi connectivity index (χ3v) is 14.7. The van der Waals surface area contributed by atoms with Gasteiger partial charge in [-0.25, -0.2) is 4.57 Å². The van der Waals surface area contributed by atoms with Crippen LogP contribution >= 0.6 is 7.82 Å². The fourth-order valence-electron chi connectivity index (χ4n) is 9.25. The summed E-state index contributed by atoms with van der Waals surface area (Å²) >= 11 is 0. The summed E-state index contributed by atoms with van der Waals surface area (Å²) in [6, 6.07) is -1.15. The minimum atomic E-state index is -5.12. The Bertz CT molecular complexity index is 1140. The number of aliphatic hydroxyl groups excluding tert-OH is 7. The van der Waals surface area contributed by atoms with E-state index < -0.39 is 75.2 Å². The van der Waals surface area contributed by atoms with Gasteiger partial charge in [-0.15, -0.1) is 0 Å². The first-order valence-corrected chi connectivity index (χ1v) is 29.1. The van der Waals surface area contributed by atoms with Crippen molar-refractivity contribution in [3.63, 3.8) is 0 Å². The zero-order valence-electron chi connectivity index (χ0n) is 42.1. The van der Waals surface area contributed by atoms with Crippen molar-refractivity contribution in [2.75, 3.05) is 6.61 Å². The molecule has 0 aliphatic heterocycles. The molecule has 0 aromatic rings. The largest absolute Gasteiger partial charge is 0.472 e. The van der Waals surface area contributed by atoms with E-state index >= 15 is 0 Å². The van der Waals surface area contributed by atoms with Crippen LogP contribution in [0.25, 0.3) is 0 Å². The maximum Gasteiger partial charge on any atom is 0.472 e. The summed E-state index contributed by atoms with van der Waals surface area (Å²) in [4.78, 5) is 23.6. The van der Waals surface area contributed by atoms with Gasteiger partial charge in [0.1, 0.15) is 36.6 Å². The van der Waals surface area contributed by atoms with Crippen molar-refractivity contribution in [1.29, 1.82) is 0 Å². The van der Waals surface area contributed by atoms with E-state index in [1.54, 1.807) is 0 Å². The lowest BCUT2D eigenvalue weighted by Gasteiger charge is -2.41. The number of rotatable bonds is 47. The van der Waals surface area contributed by atoms with Gasteiger partial charge in [-0.1, -0.05) is 245 Å². The minimum Gasteiger partial charge on any atom is -0.393 e. The molecule has 14 heteroatoms. The fourth-order valence-corrected chi connectivity index (χ4v) is 10.2. The molecule has 0 heterocycles. The molecule has 0 aromatic heterocycles. The smallest absolute Gasteiger partial charge is 0.393 e. The average Bonchev–Trinajstić information content (AvgIpc) is 3.29. The van der Waals surface area contributed by atoms with E-state index in [1.165, 1.54) is 173 Å². The molecule has 0 saturated heterocycles. The molecule has 1 fully saturated rings. The molecule has 8 unspecified atom stereocenters. The van der Waals surface area contributed by atoms with Gasteiger partial charge in [0.2, 0.25) is 5.91 Å². The monoisotopic (exact) mass is 966 g/mol. The van der Waals surface area contributed by atoms with E-state index in [4.69, 9.17) is 9.05 Å². The molecule has 1 rings (SSSR count). The summed E-state index contributed by atoms with van der Waals surface area (Å²) in [5.74, 6) is -0.553. The number of phosphoric ester groups is 1. The highest BCUT2D eigenvalue weighted by atomic mass is 31.2. The molecule has 394 valence electrons.